The van der Waals surface area contributed by atoms with Crippen LogP contribution in [0.5, 0.6) is 0 Å². The van der Waals surface area contributed by atoms with Gasteiger partial charge in [-0.3, -0.25) is 9.69 Å². The summed E-state index contributed by atoms with van der Waals surface area (Å²) in [5.41, 5.74) is 4.53. The average Bonchev–Trinajstić information content (AvgIpc) is 2.98. The van der Waals surface area contributed by atoms with Gasteiger partial charge in [-0.2, -0.15) is 5.10 Å². The van der Waals surface area contributed by atoms with Crippen LogP contribution in [0.1, 0.15) is 48.4 Å². The molecule has 1 heterocycles. The zero-order valence-corrected chi connectivity index (χ0v) is 17.6. The fourth-order valence-corrected chi connectivity index (χ4v) is 4.20. The molecule has 0 aliphatic carbocycles. The Labute approximate surface area is 171 Å². The number of benzene rings is 2. The third-order valence-corrected chi connectivity index (χ3v) is 6.09. The predicted molar refractivity (Wildman–Crippen MR) is 119 cm³/mol. The van der Waals surface area contributed by atoms with Crippen LogP contribution >= 0.6 is 11.8 Å². The average molecular weight is 394 g/mol. The Bertz CT molecular complexity index is 874. The van der Waals surface area contributed by atoms with E-state index in [-0.39, 0.29) is 11.2 Å². The minimum atomic E-state index is -0.0581. The summed E-state index contributed by atoms with van der Waals surface area (Å²) in [7, 11) is 0. The minimum absolute atomic E-state index is 0.0581. The van der Waals surface area contributed by atoms with Crippen molar-refractivity contribution in [1.82, 2.24) is 4.90 Å². The summed E-state index contributed by atoms with van der Waals surface area (Å²) in [5.74, 6) is 0.144. The Kier molecular flexibility index (Phi) is 7.04. The topological polar surface area (TPSA) is 45.0 Å². The second kappa shape index (κ2) is 9.69. The quantitative estimate of drug-likeness (QED) is 0.471. The molecule has 2 aromatic carbocycles. The second-order valence-electron chi connectivity index (χ2n) is 7.14. The highest BCUT2D eigenvalue weighted by atomic mass is 32.2. The summed E-state index contributed by atoms with van der Waals surface area (Å²) in [6.45, 7) is 6.82. The molecule has 4 nitrogen and oxygen atoms in total. The molecular formula is C23H27N3OS. The maximum Gasteiger partial charge on any atom is 0.242 e. The monoisotopic (exact) mass is 393 g/mol. The molecule has 0 bridgehead atoms. The summed E-state index contributed by atoms with van der Waals surface area (Å²) in [5, 5.41) is 9.31. The molecule has 1 atom stereocenters. The Morgan fingerprint density at radius 1 is 1.11 bits per heavy atom. The molecule has 3 rings (SSSR count). The summed E-state index contributed by atoms with van der Waals surface area (Å²) >= 11 is 1.54. The molecule has 146 valence electrons. The molecule has 0 N–H and O–H groups in total. The minimum Gasteiger partial charge on any atom is -0.284 e. The van der Waals surface area contributed by atoms with E-state index >= 15 is 0 Å². The molecule has 0 unspecified atom stereocenters. The van der Waals surface area contributed by atoms with Crippen molar-refractivity contribution in [3.8, 4) is 0 Å². The third-order valence-electron chi connectivity index (χ3n) is 4.86. The van der Waals surface area contributed by atoms with Crippen molar-refractivity contribution in [2.75, 3.05) is 0 Å². The lowest BCUT2D eigenvalue weighted by Gasteiger charge is -2.17. The van der Waals surface area contributed by atoms with Crippen molar-refractivity contribution in [2.45, 2.75) is 51.8 Å². The molecule has 1 aliphatic heterocycles. The van der Waals surface area contributed by atoms with Gasteiger partial charge in [0.05, 0.1) is 18.0 Å². The number of amides is 1. The number of hydrogen-bond donors (Lipinski definition) is 0. The van der Waals surface area contributed by atoms with Gasteiger partial charge in [0.2, 0.25) is 5.91 Å². The molecule has 5 heteroatoms. The van der Waals surface area contributed by atoms with Gasteiger partial charge in [-0.05, 0) is 37.0 Å². The Balaban J connectivity index is 1.81. The second-order valence-corrected chi connectivity index (χ2v) is 8.31. The molecule has 1 amide bonds. The van der Waals surface area contributed by atoms with Crippen LogP contribution in [0.15, 0.2) is 58.7 Å². The number of amidine groups is 1. The van der Waals surface area contributed by atoms with E-state index in [0.717, 1.165) is 30.4 Å². The number of carbonyl (C=O) groups is 1. The molecule has 0 saturated carbocycles. The normalized spacial score (nSPS) is 18.5. The first-order valence-electron chi connectivity index (χ1n) is 9.78. The van der Waals surface area contributed by atoms with Crippen LogP contribution in [0.4, 0.5) is 0 Å². The van der Waals surface area contributed by atoms with Gasteiger partial charge in [0, 0.05) is 0 Å². The zero-order valence-electron chi connectivity index (χ0n) is 16.8. The molecule has 2 aromatic rings. The molecule has 1 saturated heterocycles. The molecule has 1 aliphatic rings. The van der Waals surface area contributed by atoms with Crippen molar-refractivity contribution in [3.05, 3.63) is 70.8 Å². The number of nitrogens with zero attached hydrogens (tertiary/aromatic N) is 3. The van der Waals surface area contributed by atoms with Crippen LogP contribution in [0.2, 0.25) is 0 Å². The van der Waals surface area contributed by atoms with Crippen LogP contribution < -0.4 is 0 Å². The zero-order chi connectivity index (χ0) is 19.9. The Morgan fingerprint density at radius 2 is 1.86 bits per heavy atom. The van der Waals surface area contributed by atoms with E-state index in [0.29, 0.717) is 11.7 Å². The summed E-state index contributed by atoms with van der Waals surface area (Å²) in [6.07, 6.45) is 4.75. The first-order valence-corrected chi connectivity index (χ1v) is 10.7. The third kappa shape index (κ3) is 5.10. The smallest absolute Gasteiger partial charge is 0.242 e. The van der Waals surface area contributed by atoms with Crippen molar-refractivity contribution < 1.29 is 4.79 Å². The van der Waals surface area contributed by atoms with Crippen molar-refractivity contribution >= 4 is 29.1 Å². The van der Waals surface area contributed by atoms with Crippen molar-refractivity contribution in [3.63, 3.8) is 0 Å². The molecule has 1 fully saturated rings. The van der Waals surface area contributed by atoms with Gasteiger partial charge < -0.3 is 0 Å². The van der Waals surface area contributed by atoms with Gasteiger partial charge in [-0.1, -0.05) is 85.6 Å². The van der Waals surface area contributed by atoms with Gasteiger partial charge in [0.25, 0.3) is 0 Å². The van der Waals surface area contributed by atoms with Crippen LogP contribution in [0.3, 0.4) is 0 Å². The number of unbranched alkanes of at least 4 members (excludes halogenated alkanes) is 1. The summed E-state index contributed by atoms with van der Waals surface area (Å²) in [4.78, 5) is 14.8. The molecule has 0 spiro atoms. The van der Waals surface area contributed by atoms with Crippen LogP contribution in [0.25, 0.3) is 0 Å². The van der Waals surface area contributed by atoms with Crippen LogP contribution in [-0.2, 0) is 11.3 Å². The van der Waals surface area contributed by atoms with E-state index in [1.165, 1.54) is 11.1 Å². The van der Waals surface area contributed by atoms with Crippen LogP contribution in [-0.4, -0.2) is 27.4 Å². The first-order chi connectivity index (χ1) is 13.6. The highest BCUT2D eigenvalue weighted by Crippen LogP contribution is 2.32. The van der Waals surface area contributed by atoms with E-state index in [1.807, 2.05) is 36.4 Å². The SMILES string of the molecule is CCCC[C@@H]1S/C(=N\N=C/c2ccc(C)cc2)N(Cc2ccccc2C)C1=O. The largest absolute Gasteiger partial charge is 0.284 e. The molecule has 0 aromatic heterocycles. The lowest BCUT2D eigenvalue weighted by Crippen LogP contribution is -2.31. The fraction of sp³-hybridized carbons (Fsp3) is 0.348. The maximum absolute atomic E-state index is 13.0. The van der Waals surface area contributed by atoms with Crippen LogP contribution in [0, 0.1) is 13.8 Å². The highest BCUT2D eigenvalue weighted by Gasteiger charge is 2.37. The molecule has 0 radical (unpaired) electrons. The number of aryl methyl sites for hydroxylation is 2. The van der Waals surface area contributed by atoms with E-state index in [1.54, 1.807) is 22.9 Å². The van der Waals surface area contributed by atoms with E-state index in [9.17, 15) is 4.79 Å². The number of thioether (sulfide) groups is 1. The Morgan fingerprint density at radius 3 is 2.57 bits per heavy atom. The molecular weight excluding hydrogens is 366 g/mol. The van der Waals surface area contributed by atoms with Crippen molar-refractivity contribution in [1.29, 1.82) is 0 Å². The Hall–Kier alpha value is -2.40. The van der Waals surface area contributed by atoms with E-state index in [2.05, 4.69) is 43.1 Å². The first kappa shape index (κ1) is 20.3. The van der Waals surface area contributed by atoms with Gasteiger partial charge >= 0.3 is 0 Å². The lowest BCUT2D eigenvalue weighted by atomic mass is 10.1. The number of carbonyl (C=O) groups excluding carboxylic acids is 1. The van der Waals surface area contributed by atoms with Gasteiger partial charge in [0.15, 0.2) is 5.17 Å². The maximum atomic E-state index is 13.0. The summed E-state index contributed by atoms with van der Waals surface area (Å²) < 4.78 is 0. The predicted octanol–water partition coefficient (Wildman–Crippen LogP) is 5.33. The number of rotatable bonds is 7. The van der Waals surface area contributed by atoms with Crippen molar-refractivity contribution in [2.24, 2.45) is 10.2 Å². The van der Waals surface area contributed by atoms with Gasteiger partial charge in [0.1, 0.15) is 0 Å². The lowest BCUT2D eigenvalue weighted by molar-refractivity contribution is -0.126. The van der Waals surface area contributed by atoms with Gasteiger partial charge in [-0.15, -0.1) is 5.10 Å². The standard InChI is InChI=1S/C23H27N3OS/c1-4-5-10-21-22(27)26(16-20-9-7-6-8-18(20)3)23(28-21)25-24-15-19-13-11-17(2)12-14-19/h6-9,11-15,21H,4-5,10,16H2,1-3H3/b24-15-,25-23-/t21-/m0/s1. The number of hydrogen-bond acceptors (Lipinski definition) is 4. The van der Waals surface area contributed by atoms with E-state index in [4.69, 9.17) is 0 Å². The van der Waals surface area contributed by atoms with Gasteiger partial charge in [-0.25, -0.2) is 0 Å². The highest BCUT2D eigenvalue weighted by molar-refractivity contribution is 8.15. The fourth-order valence-electron chi connectivity index (χ4n) is 3.06. The summed E-state index contributed by atoms with van der Waals surface area (Å²) in [6, 6.07) is 16.3. The molecule has 28 heavy (non-hydrogen) atoms. The van der Waals surface area contributed by atoms with E-state index < -0.39 is 0 Å².